The van der Waals surface area contributed by atoms with Gasteiger partial charge in [-0.1, -0.05) is 176 Å². The van der Waals surface area contributed by atoms with Gasteiger partial charge in [0, 0.05) is 23.5 Å². The lowest BCUT2D eigenvalue weighted by Gasteiger charge is -2.20. The topological polar surface area (TPSA) is 43.6 Å². The number of aromatic nitrogens is 4. The van der Waals surface area contributed by atoms with Gasteiger partial charge in [-0.3, -0.25) is 4.98 Å². The molecule has 0 atom stereocenters. The second kappa shape index (κ2) is 14.3. The van der Waals surface area contributed by atoms with E-state index >= 15 is 0 Å². The summed E-state index contributed by atoms with van der Waals surface area (Å²) in [6, 6.07) is 73.9. The van der Waals surface area contributed by atoms with Gasteiger partial charge in [0.15, 0.2) is 0 Å². The van der Waals surface area contributed by atoms with Crippen molar-refractivity contribution < 1.29 is 0 Å². The first kappa shape index (κ1) is 34.8. The smallest absolute Gasteiger partial charge is 0.121 e. The molecule has 0 unspecified atom stereocenters. The van der Waals surface area contributed by atoms with Crippen LogP contribution in [0, 0.1) is 0 Å². The molecule has 0 aliphatic heterocycles. The third-order valence-corrected chi connectivity index (χ3v) is 12.1. The molecule has 10 aromatic carbocycles. The van der Waals surface area contributed by atoms with E-state index in [0.29, 0.717) is 0 Å². The van der Waals surface area contributed by atoms with Crippen molar-refractivity contribution in [2.45, 2.75) is 0 Å². The molecule has 284 valence electrons. The molecular weight excluding hydrogens is 741 g/mol. The summed E-state index contributed by atoms with van der Waals surface area (Å²) in [5, 5.41) is 20.3. The minimum absolute atomic E-state index is 0.819. The van der Waals surface area contributed by atoms with Crippen LogP contribution in [0.2, 0.25) is 0 Å². The van der Waals surface area contributed by atoms with Gasteiger partial charge in [-0.05, 0) is 118 Å². The van der Waals surface area contributed by atoms with Crippen LogP contribution in [0.25, 0.3) is 115 Å². The van der Waals surface area contributed by atoms with E-state index in [2.05, 4.69) is 205 Å². The number of rotatable bonds is 6. The van der Waals surface area contributed by atoms with Crippen LogP contribution in [0.3, 0.4) is 0 Å². The van der Waals surface area contributed by atoms with E-state index in [4.69, 9.17) is 10.2 Å². The third kappa shape index (κ3) is 5.72. The molecule has 12 aromatic rings. The Balaban J connectivity index is 1.20. The van der Waals surface area contributed by atoms with Crippen molar-refractivity contribution in [3.8, 4) is 61.3 Å². The Hall–Kier alpha value is -8.21. The summed E-state index contributed by atoms with van der Waals surface area (Å²) in [6.45, 7) is 0. The first-order valence-electron chi connectivity index (χ1n) is 20.7. The lowest BCUT2D eigenvalue weighted by molar-refractivity contribution is 0.766. The van der Waals surface area contributed by atoms with E-state index in [9.17, 15) is 0 Å². The largest absolute Gasteiger partial charge is 0.264 e. The Bertz CT molecular complexity index is 3520. The minimum atomic E-state index is 0.819. The Kier molecular flexibility index (Phi) is 8.13. The zero-order valence-electron chi connectivity index (χ0n) is 33.1. The Morgan fingerprint density at radius 3 is 1.25 bits per heavy atom. The van der Waals surface area contributed by atoms with Gasteiger partial charge in [-0.15, -0.1) is 10.2 Å². The molecule has 2 heterocycles. The van der Waals surface area contributed by atoms with Crippen molar-refractivity contribution in [2.75, 3.05) is 0 Å². The lowest BCUT2D eigenvalue weighted by atomic mass is 9.83. The summed E-state index contributed by atoms with van der Waals surface area (Å²) < 4.78 is 0. The van der Waals surface area contributed by atoms with Crippen molar-refractivity contribution >= 4 is 54.1 Å². The van der Waals surface area contributed by atoms with Crippen LogP contribution in [0.5, 0.6) is 0 Å². The van der Waals surface area contributed by atoms with E-state index in [0.717, 1.165) is 44.5 Å². The molecule has 0 aliphatic carbocycles. The molecule has 2 aromatic heterocycles. The highest BCUT2D eigenvalue weighted by Crippen LogP contribution is 2.48. The summed E-state index contributed by atoms with van der Waals surface area (Å²) in [7, 11) is 0. The molecule has 4 heteroatoms. The molecule has 0 aliphatic rings. The van der Waals surface area contributed by atoms with Crippen molar-refractivity contribution in [2.24, 2.45) is 0 Å². The predicted molar refractivity (Wildman–Crippen MR) is 254 cm³/mol. The average Bonchev–Trinajstić information content (AvgIpc) is 3.78. The van der Waals surface area contributed by atoms with Crippen LogP contribution >= 0.6 is 0 Å². The Morgan fingerprint density at radius 1 is 0.311 bits per heavy atom. The molecule has 4 nitrogen and oxygen atoms in total. The zero-order chi connectivity index (χ0) is 40.3. The third-order valence-electron chi connectivity index (χ3n) is 12.1. The fourth-order valence-electron chi connectivity index (χ4n) is 9.50. The van der Waals surface area contributed by atoms with Gasteiger partial charge in [0.2, 0.25) is 0 Å². The molecule has 0 N–H and O–H groups in total. The van der Waals surface area contributed by atoms with Gasteiger partial charge in [0.05, 0.1) is 5.69 Å². The molecule has 0 fully saturated rings. The standard InChI is InChI=1S/C57H36N4/c1-3-17-37(18-4-1)53-43-24-7-9-26-45(43)55(46-27-10-8-25-44(46)53)41-34-51(57-52(35-41)59-61(60-57)42-23-15-21-39(33-42)40-22-16-32-58-36-40)56-49-30-13-11-28-47(49)54(38-19-5-2-6-20-38)48-29-12-14-31-50(48)56/h1-36H. The van der Waals surface area contributed by atoms with Crippen LogP contribution in [0.1, 0.15) is 0 Å². The molecule has 61 heavy (non-hydrogen) atoms. The molecule has 0 radical (unpaired) electrons. The number of benzene rings is 10. The van der Waals surface area contributed by atoms with Crippen LogP contribution in [0.15, 0.2) is 219 Å². The van der Waals surface area contributed by atoms with Gasteiger partial charge >= 0.3 is 0 Å². The van der Waals surface area contributed by atoms with Gasteiger partial charge in [0.25, 0.3) is 0 Å². The van der Waals surface area contributed by atoms with E-state index in [1.165, 1.54) is 70.9 Å². The van der Waals surface area contributed by atoms with Crippen molar-refractivity contribution in [3.05, 3.63) is 219 Å². The monoisotopic (exact) mass is 776 g/mol. The van der Waals surface area contributed by atoms with Crippen molar-refractivity contribution in [1.82, 2.24) is 20.0 Å². The number of hydrogen-bond acceptors (Lipinski definition) is 3. The predicted octanol–water partition coefficient (Wildman–Crippen LogP) is 14.8. The first-order chi connectivity index (χ1) is 30.3. The van der Waals surface area contributed by atoms with Crippen molar-refractivity contribution in [1.29, 1.82) is 0 Å². The van der Waals surface area contributed by atoms with Gasteiger partial charge < -0.3 is 0 Å². The molecule has 0 bridgehead atoms. The fraction of sp³-hybridized carbons (Fsp3) is 0. The zero-order valence-corrected chi connectivity index (χ0v) is 33.1. The highest BCUT2D eigenvalue weighted by atomic mass is 15.5. The van der Waals surface area contributed by atoms with Crippen LogP contribution in [-0.4, -0.2) is 20.0 Å². The summed E-state index contributed by atoms with van der Waals surface area (Å²) in [5.74, 6) is 0. The van der Waals surface area contributed by atoms with E-state index < -0.39 is 0 Å². The highest BCUT2D eigenvalue weighted by Gasteiger charge is 2.23. The average molecular weight is 777 g/mol. The van der Waals surface area contributed by atoms with Crippen molar-refractivity contribution in [3.63, 3.8) is 0 Å². The summed E-state index contributed by atoms with van der Waals surface area (Å²) in [5.41, 5.74) is 13.9. The number of nitrogens with zero attached hydrogens (tertiary/aromatic N) is 4. The minimum Gasteiger partial charge on any atom is -0.264 e. The van der Waals surface area contributed by atoms with Crippen LogP contribution in [0.4, 0.5) is 0 Å². The summed E-state index contributed by atoms with van der Waals surface area (Å²) in [6.07, 6.45) is 3.69. The molecule has 0 saturated heterocycles. The van der Waals surface area contributed by atoms with Crippen LogP contribution in [-0.2, 0) is 0 Å². The summed E-state index contributed by atoms with van der Waals surface area (Å²) in [4.78, 5) is 6.19. The second-order valence-electron chi connectivity index (χ2n) is 15.6. The van der Waals surface area contributed by atoms with E-state index in [1.54, 1.807) is 11.0 Å². The molecule has 0 saturated carbocycles. The molecule has 0 amide bonds. The SMILES string of the molecule is c1ccc(-c2c3ccccc3c(-c3cc(-c4c5ccccc5c(-c5ccccc5)c5ccccc45)c4nn(-c5cccc(-c6cccnc6)c5)nc4c3)c3ccccc23)cc1. The van der Waals surface area contributed by atoms with Gasteiger partial charge in [0.1, 0.15) is 11.0 Å². The van der Waals surface area contributed by atoms with E-state index in [-0.39, 0.29) is 0 Å². The van der Waals surface area contributed by atoms with E-state index in [1.807, 2.05) is 12.3 Å². The normalized spacial score (nSPS) is 11.6. The Morgan fingerprint density at radius 2 is 0.754 bits per heavy atom. The summed E-state index contributed by atoms with van der Waals surface area (Å²) >= 11 is 0. The van der Waals surface area contributed by atoms with Gasteiger partial charge in [-0.25, -0.2) is 0 Å². The maximum atomic E-state index is 5.39. The molecule has 12 rings (SSSR count). The first-order valence-corrected chi connectivity index (χ1v) is 20.7. The molecular formula is C57H36N4. The maximum absolute atomic E-state index is 5.39. The lowest BCUT2D eigenvalue weighted by Crippen LogP contribution is -1.98. The molecule has 0 spiro atoms. The second-order valence-corrected chi connectivity index (χ2v) is 15.6. The highest BCUT2D eigenvalue weighted by molar-refractivity contribution is 6.25. The fourth-order valence-corrected chi connectivity index (χ4v) is 9.50. The number of hydrogen-bond donors (Lipinski definition) is 0. The van der Waals surface area contributed by atoms with Gasteiger partial charge in [-0.2, -0.15) is 4.80 Å². The number of pyridine rings is 1. The maximum Gasteiger partial charge on any atom is 0.121 e. The quantitative estimate of drug-likeness (QED) is 0.158. The Labute approximate surface area is 352 Å². The number of fused-ring (bicyclic) bond motifs is 5. The van der Waals surface area contributed by atoms with Crippen LogP contribution < -0.4 is 0 Å².